The molecule has 0 aliphatic rings. The average Bonchev–Trinajstić information content (AvgIpc) is 3.60. The minimum Gasteiger partial charge on any atom is -0.507 e. The Morgan fingerprint density at radius 3 is 1.92 bits per heavy atom. The molecule has 9 aromatic rings. The molecule has 302 valence electrons. The summed E-state index contributed by atoms with van der Waals surface area (Å²) in [6, 6.07) is 55.2. The predicted molar refractivity (Wildman–Crippen MR) is 248 cm³/mol. The maximum absolute atomic E-state index is 11.0. The third-order valence-corrected chi connectivity index (χ3v) is 11.3. The van der Waals surface area contributed by atoms with Gasteiger partial charge < -0.3 is 9.67 Å². The molecule has 6 heteroatoms. The third kappa shape index (κ3) is 7.93. The van der Waals surface area contributed by atoms with Crippen LogP contribution >= 0.6 is 0 Å². The second-order valence-corrected chi connectivity index (χ2v) is 17.5. The minimum absolute atomic E-state index is 0. The molecule has 0 bridgehead atoms. The van der Waals surface area contributed by atoms with Gasteiger partial charge in [-0.15, -0.1) is 24.3 Å². The Labute approximate surface area is 372 Å². The van der Waals surface area contributed by atoms with E-state index in [0.717, 1.165) is 72.3 Å². The molecule has 0 radical (unpaired) electrons. The van der Waals surface area contributed by atoms with Crippen molar-refractivity contribution >= 4 is 27.5 Å². The molecule has 0 saturated heterocycles. The zero-order valence-electron chi connectivity index (χ0n) is 35.1. The van der Waals surface area contributed by atoms with Crippen molar-refractivity contribution < 1.29 is 26.2 Å². The Kier molecular flexibility index (Phi) is 10.9. The van der Waals surface area contributed by atoms with Crippen LogP contribution in [-0.4, -0.2) is 19.6 Å². The van der Waals surface area contributed by atoms with E-state index in [1.807, 2.05) is 60.8 Å². The molecule has 61 heavy (non-hydrogen) atoms. The number of rotatable bonds is 6. The van der Waals surface area contributed by atoms with Crippen molar-refractivity contribution in [3.8, 4) is 67.5 Å². The van der Waals surface area contributed by atoms with Crippen molar-refractivity contribution in [1.29, 1.82) is 0 Å². The molecule has 5 nitrogen and oxygen atoms in total. The number of hydrogen-bond donors (Lipinski definition) is 1. The fourth-order valence-corrected chi connectivity index (χ4v) is 8.06. The molecule has 0 unspecified atom stereocenters. The van der Waals surface area contributed by atoms with Crippen molar-refractivity contribution in [2.45, 2.75) is 52.4 Å². The zero-order valence-corrected chi connectivity index (χ0v) is 37.3. The van der Waals surface area contributed by atoms with Gasteiger partial charge >= 0.3 is 0 Å². The topological polar surface area (TPSA) is 55.3 Å². The maximum Gasteiger partial charge on any atom is 0.189 e. The maximum atomic E-state index is 11.0. The molecule has 9 rings (SSSR count). The van der Waals surface area contributed by atoms with Crippen molar-refractivity contribution in [2.75, 3.05) is 0 Å². The Morgan fingerprint density at radius 2 is 1.18 bits per heavy atom. The minimum atomic E-state index is -0.0539. The van der Waals surface area contributed by atoms with Crippen LogP contribution in [0.1, 0.15) is 52.7 Å². The van der Waals surface area contributed by atoms with E-state index in [1.165, 1.54) is 11.1 Å². The van der Waals surface area contributed by atoms with Gasteiger partial charge in [-0.05, 0) is 81.1 Å². The van der Waals surface area contributed by atoms with Crippen LogP contribution in [0.2, 0.25) is 0 Å². The number of phenolic OH excluding ortho intramolecular Hbond substituents is 1. The van der Waals surface area contributed by atoms with E-state index in [9.17, 15) is 5.11 Å². The Balaban J connectivity index is 0.00000514. The molecule has 1 N–H and O–H groups in total. The van der Waals surface area contributed by atoms with Crippen molar-refractivity contribution in [3.63, 3.8) is 0 Å². The van der Waals surface area contributed by atoms with Gasteiger partial charge in [-0.1, -0.05) is 144 Å². The summed E-state index contributed by atoms with van der Waals surface area (Å²) in [5.74, 6) is 0.179. The molecule has 0 spiro atoms. The quantitative estimate of drug-likeness (QED) is 0.169. The zero-order chi connectivity index (χ0) is 41.8. The predicted octanol–water partition coefficient (Wildman–Crippen LogP) is 14.6. The second-order valence-electron chi connectivity index (χ2n) is 17.5. The average molecular weight is 973 g/mol. The molecule has 0 aliphatic heterocycles. The fourth-order valence-electron chi connectivity index (χ4n) is 8.06. The number of aromatic nitrogens is 3. The molecular weight excluding hydrogens is 928 g/mol. The molecule has 3 heterocycles. The van der Waals surface area contributed by atoms with Gasteiger partial charge in [0.05, 0.1) is 23.3 Å². The van der Waals surface area contributed by atoms with Crippen LogP contribution in [0.3, 0.4) is 0 Å². The number of fused-ring (bicyclic) bond motifs is 3. The van der Waals surface area contributed by atoms with Crippen molar-refractivity contribution in [3.05, 3.63) is 186 Å². The van der Waals surface area contributed by atoms with Crippen LogP contribution in [0.25, 0.3) is 88.4 Å². The van der Waals surface area contributed by atoms with Crippen molar-refractivity contribution in [2.24, 2.45) is 0 Å². The van der Waals surface area contributed by atoms with E-state index in [2.05, 4.69) is 148 Å². The summed E-state index contributed by atoms with van der Waals surface area (Å²) in [4.78, 5) is 13.8. The Morgan fingerprint density at radius 1 is 0.574 bits per heavy atom. The van der Waals surface area contributed by atoms with E-state index in [-0.39, 0.29) is 37.6 Å². The number of phenols is 1. The van der Waals surface area contributed by atoms with E-state index in [0.29, 0.717) is 16.9 Å². The first-order chi connectivity index (χ1) is 28.9. The van der Waals surface area contributed by atoms with Gasteiger partial charge in [0.2, 0.25) is 0 Å². The summed E-state index contributed by atoms with van der Waals surface area (Å²) in [6.45, 7) is 21.2. The molecule has 0 amide bonds. The number of aromatic hydroxyl groups is 1. The number of hydrogen-bond acceptors (Lipinski definition) is 3. The normalized spacial score (nSPS) is 11.7. The van der Waals surface area contributed by atoms with Gasteiger partial charge in [0.15, 0.2) is 5.69 Å². The Hall–Kier alpha value is -6.60. The van der Waals surface area contributed by atoms with Gasteiger partial charge in [0.1, 0.15) is 5.75 Å². The molecule has 0 aliphatic carbocycles. The molecule has 0 fully saturated rings. The number of para-hydroxylation sites is 3. The van der Waals surface area contributed by atoms with Gasteiger partial charge in [0.25, 0.3) is 0 Å². The summed E-state index contributed by atoms with van der Waals surface area (Å²) in [5.41, 5.74) is 14.8. The second kappa shape index (κ2) is 16.1. The molecule has 6 aromatic carbocycles. The van der Waals surface area contributed by atoms with Crippen LogP contribution in [0.15, 0.2) is 158 Å². The molecule has 0 saturated carbocycles. The fraction of sp³-hybridized carbons (Fsp3) is 0.145. The molecule has 3 aromatic heterocycles. The van der Waals surface area contributed by atoms with E-state index in [1.54, 1.807) is 6.07 Å². The number of benzene rings is 6. The van der Waals surface area contributed by atoms with Crippen LogP contribution in [0, 0.1) is 12.6 Å². The largest absolute Gasteiger partial charge is 0.507 e. The summed E-state index contributed by atoms with van der Waals surface area (Å²) in [6.07, 6.45) is 1.86. The van der Waals surface area contributed by atoms with Crippen LogP contribution in [-0.2, 0) is 31.9 Å². The third-order valence-electron chi connectivity index (χ3n) is 11.3. The van der Waals surface area contributed by atoms with Crippen LogP contribution in [0.5, 0.6) is 5.75 Å². The summed E-state index contributed by atoms with van der Waals surface area (Å²) >= 11 is 0. The summed E-state index contributed by atoms with van der Waals surface area (Å²) < 4.78 is 2.27. The first-order valence-electron chi connectivity index (χ1n) is 20.3. The number of nitrogens with zero attached hydrogens (tertiary/aromatic N) is 4. The SMILES string of the molecule is [C-]#[N+]c1cccc(-n2c3ccccc3c3cccc(-c4ccnc(-c5[c-]c(-c6cc(-c7cc(C(C)(C)C)cc(C(C)(C)C)c7)cc(-c7ccccc7O)n6)ccc5)c4)c32)c1.[Pt]. The van der Waals surface area contributed by atoms with E-state index >= 15 is 0 Å². The molecular formula is C55H45N4OPt-. The van der Waals surface area contributed by atoms with Crippen LogP contribution in [0.4, 0.5) is 5.69 Å². The number of pyridine rings is 2. The van der Waals surface area contributed by atoms with E-state index < -0.39 is 0 Å². The monoisotopic (exact) mass is 972 g/mol. The van der Waals surface area contributed by atoms with Gasteiger partial charge in [-0.3, -0.25) is 9.97 Å². The van der Waals surface area contributed by atoms with Gasteiger partial charge in [0, 0.05) is 66.2 Å². The van der Waals surface area contributed by atoms with Crippen LogP contribution < -0.4 is 0 Å². The van der Waals surface area contributed by atoms with Crippen molar-refractivity contribution in [1.82, 2.24) is 14.5 Å². The Bertz CT molecular complexity index is 3130. The first-order valence-corrected chi connectivity index (χ1v) is 20.3. The standard InChI is InChI=1S/C55H45N4O.Pt/c1-54(2,3)40-28-38(29-41(33-40)55(4,5)6)39-31-49(58-50(32-39)47-20-9-11-24-52(47)60)37-16-12-15-36(27-37)48-30-35(25-26-57-48)44-21-14-22-46-45-19-8-10-23-51(45)59(53(44)46)43-18-13-17-42(34-43)56-7;/h8-26,28-34,60H,1-6H3;/q-1;. The van der Waals surface area contributed by atoms with Gasteiger partial charge in [-0.25, -0.2) is 4.85 Å². The summed E-state index contributed by atoms with van der Waals surface area (Å²) in [5, 5.41) is 13.3. The smallest absolute Gasteiger partial charge is 0.189 e. The van der Waals surface area contributed by atoms with E-state index in [4.69, 9.17) is 16.5 Å². The summed E-state index contributed by atoms with van der Waals surface area (Å²) in [7, 11) is 0. The first kappa shape index (κ1) is 41.1. The van der Waals surface area contributed by atoms with Gasteiger partial charge in [-0.2, -0.15) is 0 Å². The molecule has 0 atom stereocenters.